The van der Waals surface area contributed by atoms with Crippen molar-refractivity contribution in [2.75, 3.05) is 4.90 Å². The number of aromatic amines is 1. The van der Waals surface area contributed by atoms with E-state index in [1.165, 1.54) is 30.6 Å². The SMILES string of the molecule is C=CCC(CCCCCCC)N(C(=O)O)c1ccc[nH]1. The van der Waals surface area contributed by atoms with E-state index in [4.69, 9.17) is 0 Å². The lowest BCUT2D eigenvalue weighted by Crippen LogP contribution is -2.39. The summed E-state index contributed by atoms with van der Waals surface area (Å²) in [5.74, 6) is 0.637. The summed E-state index contributed by atoms with van der Waals surface area (Å²) in [7, 11) is 0. The van der Waals surface area contributed by atoms with Gasteiger partial charge in [0.15, 0.2) is 0 Å². The predicted molar refractivity (Wildman–Crippen MR) is 83.3 cm³/mol. The molecule has 0 spiro atoms. The van der Waals surface area contributed by atoms with Gasteiger partial charge in [-0.25, -0.2) is 4.79 Å². The number of unbranched alkanes of at least 4 members (excludes halogenated alkanes) is 4. The highest BCUT2D eigenvalue weighted by Gasteiger charge is 2.24. The van der Waals surface area contributed by atoms with Crippen LogP contribution in [0.5, 0.6) is 0 Å². The lowest BCUT2D eigenvalue weighted by atomic mass is 10.0. The van der Waals surface area contributed by atoms with Crippen LogP contribution in [0.1, 0.15) is 51.9 Å². The van der Waals surface area contributed by atoms with Gasteiger partial charge in [-0.3, -0.25) is 4.90 Å². The highest BCUT2D eigenvalue weighted by atomic mass is 16.4. The fourth-order valence-electron chi connectivity index (χ4n) is 2.45. The van der Waals surface area contributed by atoms with Crippen LogP contribution in [0, 0.1) is 0 Å². The van der Waals surface area contributed by atoms with E-state index in [1.54, 1.807) is 18.3 Å². The molecule has 1 atom stereocenters. The summed E-state index contributed by atoms with van der Waals surface area (Å²) in [6, 6.07) is 3.57. The van der Waals surface area contributed by atoms with Gasteiger partial charge in [0.25, 0.3) is 0 Å². The zero-order chi connectivity index (χ0) is 14.8. The smallest absolute Gasteiger partial charge is 0.413 e. The van der Waals surface area contributed by atoms with Crippen LogP contribution < -0.4 is 4.90 Å². The molecule has 1 amide bonds. The molecule has 0 saturated heterocycles. The summed E-state index contributed by atoms with van der Waals surface area (Å²) in [4.78, 5) is 15.9. The lowest BCUT2D eigenvalue weighted by Gasteiger charge is -2.27. The second kappa shape index (κ2) is 9.23. The molecule has 0 fully saturated rings. The van der Waals surface area contributed by atoms with Crippen molar-refractivity contribution in [1.29, 1.82) is 0 Å². The van der Waals surface area contributed by atoms with E-state index in [2.05, 4.69) is 18.5 Å². The molecule has 0 aromatic carbocycles. The Morgan fingerprint density at radius 2 is 2.20 bits per heavy atom. The summed E-state index contributed by atoms with van der Waals surface area (Å²) in [5, 5.41) is 9.45. The molecule has 4 nitrogen and oxygen atoms in total. The third-order valence-corrected chi connectivity index (χ3v) is 3.49. The van der Waals surface area contributed by atoms with Gasteiger partial charge in [-0.15, -0.1) is 6.58 Å². The van der Waals surface area contributed by atoms with Crippen LogP contribution in [0.2, 0.25) is 0 Å². The summed E-state index contributed by atoms with van der Waals surface area (Å²) < 4.78 is 0. The molecule has 4 heteroatoms. The number of nitrogens with zero attached hydrogens (tertiary/aromatic N) is 1. The number of aromatic nitrogens is 1. The Hall–Kier alpha value is -1.71. The molecule has 0 bridgehead atoms. The van der Waals surface area contributed by atoms with Crippen molar-refractivity contribution in [3.05, 3.63) is 31.0 Å². The molecular formula is C16H26N2O2. The highest BCUT2D eigenvalue weighted by molar-refractivity contribution is 5.85. The number of carbonyl (C=O) groups is 1. The lowest BCUT2D eigenvalue weighted by molar-refractivity contribution is 0.198. The van der Waals surface area contributed by atoms with Crippen molar-refractivity contribution < 1.29 is 9.90 Å². The Balaban J connectivity index is 2.61. The van der Waals surface area contributed by atoms with E-state index < -0.39 is 6.09 Å². The van der Waals surface area contributed by atoms with E-state index in [1.807, 2.05) is 6.07 Å². The fourth-order valence-corrected chi connectivity index (χ4v) is 2.45. The van der Waals surface area contributed by atoms with Crippen molar-refractivity contribution in [3.63, 3.8) is 0 Å². The molecule has 0 aliphatic carbocycles. The molecule has 20 heavy (non-hydrogen) atoms. The van der Waals surface area contributed by atoms with Crippen molar-refractivity contribution in [3.8, 4) is 0 Å². The molecule has 0 saturated carbocycles. The summed E-state index contributed by atoms with van der Waals surface area (Å²) >= 11 is 0. The van der Waals surface area contributed by atoms with Gasteiger partial charge < -0.3 is 10.1 Å². The van der Waals surface area contributed by atoms with Gasteiger partial charge in [0.2, 0.25) is 0 Å². The van der Waals surface area contributed by atoms with Crippen LogP contribution in [-0.2, 0) is 0 Å². The first-order chi connectivity index (χ1) is 9.70. The number of anilines is 1. The average molecular weight is 278 g/mol. The van der Waals surface area contributed by atoms with Crippen LogP contribution in [0.3, 0.4) is 0 Å². The van der Waals surface area contributed by atoms with Crippen molar-refractivity contribution in [2.45, 2.75) is 57.9 Å². The molecule has 1 heterocycles. The zero-order valence-corrected chi connectivity index (χ0v) is 12.3. The molecule has 2 N–H and O–H groups in total. The van der Waals surface area contributed by atoms with Crippen LogP contribution >= 0.6 is 0 Å². The summed E-state index contributed by atoms with van der Waals surface area (Å²) in [6.45, 7) is 5.94. The summed E-state index contributed by atoms with van der Waals surface area (Å²) in [6.07, 6.45) is 10.1. The van der Waals surface area contributed by atoms with E-state index >= 15 is 0 Å². The van der Waals surface area contributed by atoms with Gasteiger partial charge in [0, 0.05) is 12.2 Å². The van der Waals surface area contributed by atoms with Crippen LogP contribution in [0.25, 0.3) is 0 Å². The Labute approximate surface area is 121 Å². The Kier molecular flexibility index (Phi) is 7.55. The van der Waals surface area contributed by atoms with Crippen LogP contribution in [0.4, 0.5) is 10.6 Å². The first-order valence-corrected chi connectivity index (χ1v) is 7.47. The van der Waals surface area contributed by atoms with Crippen molar-refractivity contribution in [1.82, 2.24) is 4.98 Å². The predicted octanol–water partition coefficient (Wildman–Crippen LogP) is 4.80. The minimum atomic E-state index is -0.909. The molecule has 1 rings (SSSR count). The fraction of sp³-hybridized carbons (Fsp3) is 0.562. The monoisotopic (exact) mass is 278 g/mol. The second-order valence-corrected chi connectivity index (χ2v) is 5.09. The van der Waals surface area contributed by atoms with E-state index in [-0.39, 0.29) is 6.04 Å². The Bertz CT molecular complexity index is 387. The quantitative estimate of drug-likeness (QED) is 0.477. The zero-order valence-electron chi connectivity index (χ0n) is 12.3. The molecule has 0 aliphatic heterocycles. The van der Waals surface area contributed by atoms with Gasteiger partial charge in [0.05, 0.1) is 0 Å². The maximum atomic E-state index is 11.5. The molecule has 0 radical (unpaired) electrons. The average Bonchev–Trinajstić information content (AvgIpc) is 2.92. The summed E-state index contributed by atoms with van der Waals surface area (Å²) in [5.41, 5.74) is 0. The number of H-pyrrole nitrogens is 1. The van der Waals surface area contributed by atoms with Gasteiger partial charge in [-0.05, 0) is 25.0 Å². The molecular weight excluding hydrogens is 252 g/mol. The van der Waals surface area contributed by atoms with Crippen LogP contribution in [0.15, 0.2) is 31.0 Å². The third kappa shape index (κ3) is 5.11. The molecule has 1 aromatic heterocycles. The second-order valence-electron chi connectivity index (χ2n) is 5.09. The number of hydrogen-bond donors (Lipinski definition) is 2. The third-order valence-electron chi connectivity index (χ3n) is 3.49. The first-order valence-electron chi connectivity index (χ1n) is 7.47. The Morgan fingerprint density at radius 3 is 2.75 bits per heavy atom. The van der Waals surface area contributed by atoms with Gasteiger partial charge in [-0.2, -0.15) is 0 Å². The first kappa shape index (κ1) is 16.3. The minimum absolute atomic E-state index is 0.0368. The number of carboxylic acid groups (broad SMARTS) is 1. The number of nitrogens with one attached hydrogen (secondary N) is 1. The van der Waals surface area contributed by atoms with Gasteiger partial charge in [-0.1, -0.05) is 45.1 Å². The molecule has 1 aromatic rings. The van der Waals surface area contributed by atoms with Gasteiger partial charge >= 0.3 is 6.09 Å². The standard InChI is InChI=1S/C16H26N2O2/c1-3-5-6-7-8-11-14(10-4-2)18(16(19)20)15-12-9-13-17-15/h4,9,12-14,17H,2-3,5-8,10-11H2,1H3,(H,19,20). The number of hydrogen-bond acceptors (Lipinski definition) is 1. The Morgan fingerprint density at radius 1 is 1.45 bits per heavy atom. The van der Waals surface area contributed by atoms with E-state index in [9.17, 15) is 9.90 Å². The van der Waals surface area contributed by atoms with E-state index in [0.717, 1.165) is 12.8 Å². The largest absolute Gasteiger partial charge is 0.465 e. The van der Waals surface area contributed by atoms with Crippen LogP contribution in [-0.4, -0.2) is 22.2 Å². The molecule has 0 aliphatic rings. The number of rotatable bonds is 10. The maximum Gasteiger partial charge on any atom is 0.413 e. The molecule has 1 unspecified atom stereocenters. The van der Waals surface area contributed by atoms with Crippen molar-refractivity contribution in [2.24, 2.45) is 0 Å². The minimum Gasteiger partial charge on any atom is -0.465 e. The van der Waals surface area contributed by atoms with Gasteiger partial charge in [0.1, 0.15) is 5.82 Å². The topological polar surface area (TPSA) is 56.3 Å². The normalized spacial score (nSPS) is 12.1. The maximum absolute atomic E-state index is 11.5. The highest BCUT2D eigenvalue weighted by Crippen LogP contribution is 2.21. The molecule has 112 valence electrons. The van der Waals surface area contributed by atoms with E-state index in [0.29, 0.717) is 12.2 Å². The number of amides is 1. The van der Waals surface area contributed by atoms with Crippen molar-refractivity contribution >= 4 is 11.9 Å².